The molecule has 1 N–H and O–H groups in total. The lowest BCUT2D eigenvalue weighted by Crippen LogP contribution is -2.30. The first-order chi connectivity index (χ1) is 9.50. The van der Waals surface area contributed by atoms with E-state index in [0.29, 0.717) is 16.2 Å². The quantitative estimate of drug-likeness (QED) is 0.524. The molecule has 104 valence electrons. The number of benzene rings is 1. The maximum absolute atomic E-state index is 13.8. The third-order valence-corrected chi connectivity index (χ3v) is 3.31. The fraction of sp³-hybridized carbons (Fsp3) is 0.214. The van der Waals surface area contributed by atoms with Gasteiger partial charge in [0.2, 0.25) is 0 Å². The van der Waals surface area contributed by atoms with Crippen LogP contribution in [0.15, 0.2) is 29.5 Å². The first-order valence-electron chi connectivity index (χ1n) is 6.05. The average molecular weight is 290 g/mol. The van der Waals surface area contributed by atoms with Crippen LogP contribution in [0.2, 0.25) is 0 Å². The number of halogens is 1. The van der Waals surface area contributed by atoms with E-state index >= 15 is 0 Å². The van der Waals surface area contributed by atoms with Crippen molar-refractivity contribution in [3.05, 3.63) is 41.5 Å². The molecule has 0 amide bonds. The second kappa shape index (κ2) is 5.92. The van der Waals surface area contributed by atoms with Crippen molar-refractivity contribution in [1.29, 1.82) is 0 Å². The van der Waals surface area contributed by atoms with Crippen LogP contribution < -0.4 is 5.43 Å². The Labute approximate surface area is 122 Å². The molecule has 0 spiro atoms. The molecule has 0 radical (unpaired) electrons. The number of hydrogen-bond acceptors (Lipinski definition) is 3. The van der Waals surface area contributed by atoms with Crippen LogP contribution in [0.25, 0.3) is 10.8 Å². The number of aromatic nitrogens is 1. The summed E-state index contributed by atoms with van der Waals surface area (Å²) in [5.41, 5.74) is 4.18. The number of rotatable bonds is 2. The summed E-state index contributed by atoms with van der Waals surface area (Å²) in [5, 5.41) is 5.82. The van der Waals surface area contributed by atoms with Gasteiger partial charge in [-0.25, -0.2) is 4.39 Å². The zero-order chi connectivity index (χ0) is 14.7. The molecule has 0 saturated carbocycles. The van der Waals surface area contributed by atoms with Gasteiger partial charge in [-0.3, -0.25) is 10.4 Å². The van der Waals surface area contributed by atoms with Crippen molar-refractivity contribution in [3.63, 3.8) is 0 Å². The summed E-state index contributed by atoms with van der Waals surface area (Å²) in [5.74, 6) is -0.327. The molecule has 0 unspecified atom stereocenters. The van der Waals surface area contributed by atoms with E-state index in [0.717, 1.165) is 10.9 Å². The highest BCUT2D eigenvalue weighted by Crippen LogP contribution is 2.22. The fourth-order valence-electron chi connectivity index (χ4n) is 1.81. The standard InChI is InChI=1S/C14H15FN4S/c1-9-5-4-6-10-12(16-7-11(15)13(9)10)8-17-18-14(20)19(2)3/h4-8H,1-3H3,(H,18,20)/b17-8+. The number of hydrazone groups is 1. The highest BCUT2D eigenvalue weighted by molar-refractivity contribution is 7.80. The van der Waals surface area contributed by atoms with E-state index < -0.39 is 0 Å². The van der Waals surface area contributed by atoms with Crippen molar-refractivity contribution in [2.24, 2.45) is 5.10 Å². The minimum Gasteiger partial charge on any atom is -0.354 e. The maximum Gasteiger partial charge on any atom is 0.189 e. The number of nitrogens with zero attached hydrogens (tertiary/aromatic N) is 3. The van der Waals surface area contributed by atoms with Crippen LogP contribution in [0.1, 0.15) is 11.3 Å². The summed E-state index contributed by atoms with van der Waals surface area (Å²) in [4.78, 5) is 5.80. The zero-order valence-corrected chi connectivity index (χ0v) is 12.3. The van der Waals surface area contributed by atoms with Crippen molar-refractivity contribution in [2.45, 2.75) is 6.92 Å². The second-order valence-corrected chi connectivity index (χ2v) is 4.95. The van der Waals surface area contributed by atoms with E-state index in [4.69, 9.17) is 12.2 Å². The molecule has 1 heterocycles. The lowest BCUT2D eigenvalue weighted by atomic mass is 10.1. The number of thiocarbonyl (C=S) groups is 1. The molecule has 2 rings (SSSR count). The van der Waals surface area contributed by atoms with E-state index in [1.807, 2.05) is 39.2 Å². The van der Waals surface area contributed by atoms with Gasteiger partial charge in [-0.05, 0) is 24.7 Å². The van der Waals surface area contributed by atoms with Crippen LogP contribution in [-0.4, -0.2) is 35.3 Å². The third-order valence-electron chi connectivity index (χ3n) is 2.86. The van der Waals surface area contributed by atoms with E-state index in [-0.39, 0.29) is 5.82 Å². The number of fused-ring (bicyclic) bond motifs is 1. The topological polar surface area (TPSA) is 40.5 Å². The number of nitrogens with one attached hydrogen (secondary N) is 1. The molecule has 0 aliphatic rings. The molecule has 1 aromatic heterocycles. The molecular formula is C14H15FN4S. The Hall–Kier alpha value is -2.08. The molecule has 0 bridgehead atoms. The van der Waals surface area contributed by atoms with Crippen LogP contribution in [0.4, 0.5) is 4.39 Å². The third kappa shape index (κ3) is 2.91. The Balaban J connectivity index is 2.37. The van der Waals surface area contributed by atoms with Crippen LogP contribution >= 0.6 is 12.2 Å². The van der Waals surface area contributed by atoms with Crippen molar-refractivity contribution in [2.75, 3.05) is 14.1 Å². The number of aryl methyl sites for hydroxylation is 1. The van der Waals surface area contributed by atoms with Crippen LogP contribution in [0.3, 0.4) is 0 Å². The van der Waals surface area contributed by atoms with Gasteiger partial charge in [-0.2, -0.15) is 5.10 Å². The minimum atomic E-state index is -0.327. The van der Waals surface area contributed by atoms with Crippen molar-refractivity contribution < 1.29 is 4.39 Å². The Kier molecular flexibility index (Phi) is 4.24. The number of hydrogen-bond donors (Lipinski definition) is 1. The first kappa shape index (κ1) is 14.3. The minimum absolute atomic E-state index is 0.327. The molecule has 0 aliphatic carbocycles. The lowest BCUT2D eigenvalue weighted by Gasteiger charge is -2.11. The summed E-state index contributed by atoms with van der Waals surface area (Å²) in [7, 11) is 3.64. The van der Waals surface area contributed by atoms with Gasteiger partial charge in [0.15, 0.2) is 5.11 Å². The predicted octanol–water partition coefficient (Wildman–Crippen LogP) is 2.45. The summed E-state index contributed by atoms with van der Waals surface area (Å²) < 4.78 is 13.8. The largest absolute Gasteiger partial charge is 0.354 e. The monoisotopic (exact) mass is 290 g/mol. The summed E-state index contributed by atoms with van der Waals surface area (Å²) in [6.07, 6.45) is 2.75. The van der Waals surface area contributed by atoms with Crippen molar-refractivity contribution >= 4 is 34.3 Å². The molecule has 0 atom stereocenters. The SMILES string of the molecule is Cc1cccc2c(/C=N/NC(=S)N(C)C)ncc(F)c12. The zero-order valence-electron chi connectivity index (χ0n) is 11.5. The molecule has 0 fully saturated rings. The van der Waals surface area contributed by atoms with E-state index in [2.05, 4.69) is 15.5 Å². The highest BCUT2D eigenvalue weighted by Gasteiger charge is 2.08. The first-order valence-corrected chi connectivity index (χ1v) is 6.45. The Morgan fingerprint density at radius 2 is 2.20 bits per heavy atom. The molecular weight excluding hydrogens is 275 g/mol. The summed E-state index contributed by atoms with van der Waals surface area (Å²) >= 11 is 5.05. The van der Waals surface area contributed by atoms with Crippen molar-refractivity contribution in [1.82, 2.24) is 15.3 Å². The molecule has 4 nitrogen and oxygen atoms in total. The van der Waals surface area contributed by atoms with Crippen molar-refractivity contribution in [3.8, 4) is 0 Å². The van der Waals surface area contributed by atoms with Crippen LogP contribution in [-0.2, 0) is 0 Å². The van der Waals surface area contributed by atoms with E-state index in [1.165, 1.54) is 12.4 Å². The Morgan fingerprint density at radius 1 is 1.45 bits per heavy atom. The summed E-state index contributed by atoms with van der Waals surface area (Å²) in [6, 6.07) is 5.56. The van der Waals surface area contributed by atoms with Crippen LogP contribution in [0, 0.1) is 12.7 Å². The normalized spacial score (nSPS) is 11.0. The van der Waals surface area contributed by atoms with E-state index in [9.17, 15) is 4.39 Å². The van der Waals surface area contributed by atoms with Gasteiger partial charge in [0, 0.05) is 24.9 Å². The van der Waals surface area contributed by atoms with Crippen LogP contribution in [0.5, 0.6) is 0 Å². The van der Waals surface area contributed by atoms with Gasteiger partial charge in [0.05, 0.1) is 18.1 Å². The molecule has 6 heteroatoms. The lowest BCUT2D eigenvalue weighted by molar-refractivity contribution is 0.606. The molecule has 1 aromatic carbocycles. The maximum atomic E-state index is 13.8. The Bertz CT molecular complexity index is 674. The Morgan fingerprint density at radius 3 is 2.90 bits per heavy atom. The molecule has 0 saturated heterocycles. The van der Waals surface area contributed by atoms with Gasteiger partial charge >= 0.3 is 0 Å². The fourth-order valence-corrected chi connectivity index (χ4v) is 1.86. The van der Waals surface area contributed by atoms with E-state index in [1.54, 1.807) is 4.90 Å². The van der Waals surface area contributed by atoms with Gasteiger partial charge in [0.25, 0.3) is 0 Å². The summed E-state index contributed by atoms with van der Waals surface area (Å²) in [6.45, 7) is 1.87. The van der Waals surface area contributed by atoms with Gasteiger partial charge in [-0.15, -0.1) is 0 Å². The number of pyridine rings is 1. The molecule has 2 aromatic rings. The molecule has 0 aliphatic heterocycles. The highest BCUT2D eigenvalue weighted by atomic mass is 32.1. The van der Waals surface area contributed by atoms with Gasteiger partial charge in [0.1, 0.15) is 5.82 Å². The molecule has 20 heavy (non-hydrogen) atoms. The van der Waals surface area contributed by atoms with Gasteiger partial charge in [-0.1, -0.05) is 18.2 Å². The predicted molar refractivity (Wildman–Crippen MR) is 83.5 cm³/mol. The average Bonchev–Trinajstić information content (AvgIpc) is 2.41. The smallest absolute Gasteiger partial charge is 0.189 e. The second-order valence-electron chi connectivity index (χ2n) is 4.56. The van der Waals surface area contributed by atoms with Gasteiger partial charge < -0.3 is 4.90 Å².